The van der Waals surface area contributed by atoms with E-state index >= 15 is 0 Å². The highest BCUT2D eigenvalue weighted by Gasteiger charge is 2.12. The summed E-state index contributed by atoms with van der Waals surface area (Å²) in [5.74, 6) is 0. The molecule has 0 radical (unpaired) electrons. The molecule has 23 heavy (non-hydrogen) atoms. The van der Waals surface area contributed by atoms with Gasteiger partial charge in [0.1, 0.15) is 0 Å². The predicted octanol–water partition coefficient (Wildman–Crippen LogP) is 5.05. The minimum atomic E-state index is 1.03. The summed E-state index contributed by atoms with van der Waals surface area (Å²) in [7, 11) is 0. The Morgan fingerprint density at radius 3 is 2.61 bits per heavy atom. The van der Waals surface area contributed by atoms with Gasteiger partial charge in [-0.15, -0.1) is 11.3 Å². The molecule has 0 N–H and O–H groups in total. The topological polar surface area (TPSA) is 29.0 Å². The fourth-order valence-electron chi connectivity index (χ4n) is 3.38. The average Bonchev–Trinajstić information content (AvgIpc) is 2.97. The normalized spacial score (nSPS) is 15.8. The predicted molar refractivity (Wildman–Crippen MR) is 98.3 cm³/mol. The van der Waals surface area contributed by atoms with Gasteiger partial charge in [0.05, 0.1) is 21.6 Å². The van der Waals surface area contributed by atoms with E-state index in [2.05, 4.69) is 41.1 Å². The average molecular weight is 323 g/mol. The van der Waals surface area contributed by atoms with Crippen molar-refractivity contribution in [2.75, 3.05) is 18.0 Å². The van der Waals surface area contributed by atoms with Crippen molar-refractivity contribution in [3.8, 4) is 10.6 Å². The SMILES string of the molecule is Cc1cc(-c2cncs2)nc2ccc(N3CCCCCC3)cc12. The Bertz CT molecular complexity index is 803. The second-order valence-corrected chi connectivity index (χ2v) is 7.18. The Kier molecular flexibility index (Phi) is 4.00. The number of hydrogen-bond acceptors (Lipinski definition) is 4. The third-order valence-electron chi connectivity index (χ3n) is 4.66. The number of fused-ring (bicyclic) bond motifs is 1. The van der Waals surface area contributed by atoms with Crippen molar-refractivity contribution in [1.82, 2.24) is 9.97 Å². The third-order valence-corrected chi connectivity index (χ3v) is 5.45. The summed E-state index contributed by atoms with van der Waals surface area (Å²) >= 11 is 1.64. The summed E-state index contributed by atoms with van der Waals surface area (Å²) in [4.78, 5) is 12.7. The minimum Gasteiger partial charge on any atom is -0.372 e. The molecular formula is C19H21N3S. The number of hydrogen-bond donors (Lipinski definition) is 0. The molecule has 118 valence electrons. The van der Waals surface area contributed by atoms with Crippen LogP contribution in [0.25, 0.3) is 21.5 Å². The van der Waals surface area contributed by atoms with Gasteiger partial charge in [-0.1, -0.05) is 12.8 Å². The van der Waals surface area contributed by atoms with Crippen LogP contribution < -0.4 is 4.90 Å². The van der Waals surface area contributed by atoms with E-state index in [1.54, 1.807) is 11.3 Å². The van der Waals surface area contributed by atoms with Gasteiger partial charge in [0.15, 0.2) is 0 Å². The zero-order valence-electron chi connectivity index (χ0n) is 13.5. The molecule has 3 heterocycles. The lowest BCUT2D eigenvalue weighted by atomic mass is 10.1. The van der Waals surface area contributed by atoms with Crippen molar-refractivity contribution in [2.24, 2.45) is 0 Å². The number of nitrogens with zero attached hydrogens (tertiary/aromatic N) is 3. The largest absolute Gasteiger partial charge is 0.372 e. The maximum Gasteiger partial charge on any atom is 0.0828 e. The number of anilines is 1. The first-order chi connectivity index (χ1) is 11.3. The molecular weight excluding hydrogens is 302 g/mol. The summed E-state index contributed by atoms with van der Waals surface area (Å²) in [6.07, 6.45) is 7.23. The Labute approximate surface area is 141 Å². The quantitative estimate of drug-likeness (QED) is 0.661. The molecule has 3 nitrogen and oxygen atoms in total. The fourth-order valence-corrected chi connectivity index (χ4v) is 3.96. The van der Waals surface area contributed by atoms with Crippen LogP contribution in [0.5, 0.6) is 0 Å². The molecule has 0 unspecified atom stereocenters. The smallest absolute Gasteiger partial charge is 0.0828 e. The molecule has 0 aliphatic carbocycles. The van der Waals surface area contributed by atoms with Gasteiger partial charge in [0.2, 0.25) is 0 Å². The Hall–Kier alpha value is -1.94. The van der Waals surface area contributed by atoms with Gasteiger partial charge < -0.3 is 4.90 Å². The van der Waals surface area contributed by atoms with Gasteiger partial charge in [-0.3, -0.25) is 4.98 Å². The molecule has 1 fully saturated rings. The zero-order chi connectivity index (χ0) is 15.6. The van der Waals surface area contributed by atoms with Crippen molar-refractivity contribution in [1.29, 1.82) is 0 Å². The summed E-state index contributed by atoms with van der Waals surface area (Å²) in [6.45, 7) is 4.54. The summed E-state index contributed by atoms with van der Waals surface area (Å²) < 4.78 is 0. The van der Waals surface area contributed by atoms with Crippen LogP contribution in [0, 0.1) is 6.92 Å². The van der Waals surface area contributed by atoms with Crippen molar-refractivity contribution >= 4 is 27.9 Å². The van der Waals surface area contributed by atoms with E-state index in [1.165, 1.54) is 55.4 Å². The Morgan fingerprint density at radius 1 is 1.04 bits per heavy atom. The second kappa shape index (κ2) is 6.28. The Balaban J connectivity index is 1.74. The molecule has 0 bridgehead atoms. The Morgan fingerprint density at radius 2 is 1.87 bits per heavy atom. The van der Waals surface area contributed by atoms with E-state index in [9.17, 15) is 0 Å². The summed E-state index contributed by atoms with van der Waals surface area (Å²) in [6, 6.07) is 8.91. The van der Waals surface area contributed by atoms with Crippen LogP contribution in [-0.4, -0.2) is 23.1 Å². The van der Waals surface area contributed by atoms with Crippen LogP contribution in [0.15, 0.2) is 36.0 Å². The number of aromatic nitrogens is 2. The van der Waals surface area contributed by atoms with Crippen LogP contribution in [-0.2, 0) is 0 Å². The van der Waals surface area contributed by atoms with Crippen LogP contribution in [0.4, 0.5) is 5.69 Å². The molecule has 4 rings (SSSR count). The molecule has 1 aliphatic rings. The maximum atomic E-state index is 4.84. The lowest BCUT2D eigenvalue weighted by Crippen LogP contribution is -2.23. The van der Waals surface area contributed by atoms with Gasteiger partial charge >= 0.3 is 0 Å². The highest BCUT2D eigenvalue weighted by atomic mass is 32.1. The van der Waals surface area contributed by atoms with Crippen molar-refractivity contribution in [3.63, 3.8) is 0 Å². The van der Waals surface area contributed by atoms with Gasteiger partial charge in [-0.05, 0) is 49.6 Å². The molecule has 0 saturated carbocycles. The number of rotatable bonds is 2. The molecule has 0 atom stereocenters. The molecule has 3 aromatic rings. The van der Waals surface area contributed by atoms with Crippen molar-refractivity contribution < 1.29 is 0 Å². The summed E-state index contributed by atoms with van der Waals surface area (Å²) in [5.41, 5.74) is 6.59. The highest BCUT2D eigenvalue weighted by molar-refractivity contribution is 7.13. The molecule has 2 aromatic heterocycles. The standard InChI is InChI=1S/C19H21N3S/c1-14-10-18(19-12-20-13-23-19)21-17-7-6-15(11-16(14)17)22-8-4-2-3-5-9-22/h6-7,10-13H,2-5,8-9H2,1H3. The molecule has 1 saturated heterocycles. The lowest BCUT2D eigenvalue weighted by Gasteiger charge is -2.23. The van der Waals surface area contributed by atoms with Crippen molar-refractivity contribution in [2.45, 2.75) is 32.6 Å². The van der Waals surface area contributed by atoms with Gasteiger partial charge in [0.25, 0.3) is 0 Å². The number of aryl methyl sites for hydroxylation is 1. The van der Waals surface area contributed by atoms with E-state index in [-0.39, 0.29) is 0 Å². The van der Waals surface area contributed by atoms with Crippen LogP contribution in [0.3, 0.4) is 0 Å². The van der Waals surface area contributed by atoms with Crippen molar-refractivity contribution in [3.05, 3.63) is 41.5 Å². The fraction of sp³-hybridized carbons (Fsp3) is 0.368. The minimum absolute atomic E-state index is 1.03. The first-order valence-electron chi connectivity index (χ1n) is 8.36. The molecule has 0 spiro atoms. The van der Waals surface area contributed by atoms with Crippen LogP contribution in [0.1, 0.15) is 31.2 Å². The third kappa shape index (κ3) is 2.95. The monoisotopic (exact) mass is 323 g/mol. The first kappa shape index (κ1) is 14.6. The van der Waals surface area contributed by atoms with E-state index < -0.39 is 0 Å². The first-order valence-corrected chi connectivity index (χ1v) is 9.24. The molecule has 1 aliphatic heterocycles. The van der Waals surface area contributed by atoms with Gasteiger partial charge in [-0.2, -0.15) is 0 Å². The van der Waals surface area contributed by atoms with E-state index in [1.807, 2.05) is 11.7 Å². The number of pyridine rings is 1. The number of thiazole rings is 1. The highest BCUT2D eigenvalue weighted by Crippen LogP contribution is 2.30. The van der Waals surface area contributed by atoms with Crippen LogP contribution in [0.2, 0.25) is 0 Å². The van der Waals surface area contributed by atoms with E-state index in [0.29, 0.717) is 0 Å². The number of benzene rings is 1. The molecule has 0 amide bonds. The van der Waals surface area contributed by atoms with Crippen LogP contribution >= 0.6 is 11.3 Å². The zero-order valence-corrected chi connectivity index (χ0v) is 14.3. The molecule has 1 aromatic carbocycles. The summed E-state index contributed by atoms with van der Waals surface area (Å²) in [5, 5.41) is 1.26. The van der Waals surface area contributed by atoms with Gasteiger partial charge in [0, 0.05) is 30.4 Å². The van der Waals surface area contributed by atoms with E-state index in [4.69, 9.17) is 4.98 Å². The second-order valence-electron chi connectivity index (χ2n) is 6.29. The lowest BCUT2D eigenvalue weighted by molar-refractivity contribution is 0.726. The van der Waals surface area contributed by atoms with Gasteiger partial charge in [-0.25, -0.2) is 4.98 Å². The maximum absolute atomic E-state index is 4.84. The van der Waals surface area contributed by atoms with E-state index in [0.717, 1.165) is 16.1 Å². The molecule has 4 heteroatoms.